The number of Topliss-reactive ketones (excluding diaryl/α,β-unsaturated/α-hetero) is 1. The third kappa shape index (κ3) is 3.23. The topological polar surface area (TPSA) is 57.0 Å². The van der Waals surface area contributed by atoms with Gasteiger partial charge in [0.05, 0.1) is 5.52 Å². The molecule has 6 heteroatoms. The molecule has 3 rings (SSSR count). The Morgan fingerprint density at radius 3 is 2.83 bits per heavy atom. The van der Waals surface area contributed by atoms with Crippen LogP contribution in [0.5, 0.6) is 0 Å². The molecule has 0 saturated heterocycles. The minimum atomic E-state index is -1.07. The molecule has 0 fully saturated rings. The highest BCUT2D eigenvalue weighted by atomic mass is 28.3. The monoisotopic (exact) mass is 331 g/mol. The molecular formula is C17H25N3O2Si. The maximum atomic E-state index is 12.3. The summed E-state index contributed by atoms with van der Waals surface area (Å²) in [5.41, 5.74) is 3.71. The van der Waals surface area contributed by atoms with Gasteiger partial charge in [-0.3, -0.25) is 4.79 Å². The van der Waals surface area contributed by atoms with Crippen LogP contribution in [-0.4, -0.2) is 35.5 Å². The zero-order valence-electron chi connectivity index (χ0n) is 14.4. The lowest BCUT2D eigenvalue weighted by molar-refractivity contribution is 0.0803. The normalized spacial score (nSPS) is 17.9. The van der Waals surface area contributed by atoms with Gasteiger partial charge in [-0.15, -0.1) is 5.10 Å². The predicted octanol–water partition coefficient (Wildman–Crippen LogP) is 3.51. The van der Waals surface area contributed by atoms with Crippen molar-refractivity contribution in [3.63, 3.8) is 0 Å². The highest BCUT2D eigenvalue weighted by Crippen LogP contribution is 2.33. The van der Waals surface area contributed by atoms with Crippen LogP contribution in [0.1, 0.15) is 29.3 Å². The lowest BCUT2D eigenvalue weighted by Gasteiger charge is -2.15. The van der Waals surface area contributed by atoms with Crippen molar-refractivity contribution in [2.45, 2.75) is 52.2 Å². The Morgan fingerprint density at radius 2 is 2.13 bits per heavy atom. The van der Waals surface area contributed by atoms with Gasteiger partial charge in [-0.2, -0.15) is 0 Å². The fraction of sp³-hybridized carbons (Fsp3) is 0.588. The summed E-state index contributed by atoms with van der Waals surface area (Å²) in [7, 11) is -1.07. The molecule has 2 aromatic rings. The van der Waals surface area contributed by atoms with E-state index < -0.39 is 8.07 Å². The van der Waals surface area contributed by atoms with Crippen molar-refractivity contribution in [3.8, 4) is 0 Å². The molecule has 0 amide bonds. The molecule has 0 aliphatic heterocycles. The fourth-order valence-electron chi connectivity index (χ4n) is 3.04. The van der Waals surface area contributed by atoms with Crippen LogP contribution in [0.15, 0.2) is 12.1 Å². The van der Waals surface area contributed by atoms with Crippen LogP contribution >= 0.6 is 0 Å². The number of benzene rings is 1. The zero-order valence-corrected chi connectivity index (χ0v) is 15.4. The van der Waals surface area contributed by atoms with Crippen LogP contribution < -0.4 is 0 Å². The number of carbonyl (C=O) groups excluding carboxylic acids is 1. The lowest BCUT2D eigenvalue weighted by Crippen LogP contribution is -2.22. The van der Waals surface area contributed by atoms with Gasteiger partial charge in [0.25, 0.3) is 0 Å². The largest absolute Gasteiger partial charge is 0.359 e. The summed E-state index contributed by atoms with van der Waals surface area (Å²) >= 11 is 0. The number of ketones is 1. The first kappa shape index (κ1) is 16.3. The van der Waals surface area contributed by atoms with Crippen LogP contribution in [-0.2, 0) is 17.9 Å². The molecule has 1 heterocycles. The maximum Gasteiger partial charge on any atom is 0.166 e. The van der Waals surface area contributed by atoms with Gasteiger partial charge in [0.2, 0.25) is 0 Å². The first-order chi connectivity index (χ1) is 10.9. The minimum absolute atomic E-state index is 0.105. The van der Waals surface area contributed by atoms with Gasteiger partial charge in [-0.05, 0) is 36.6 Å². The van der Waals surface area contributed by atoms with Crippen LogP contribution in [0.3, 0.4) is 0 Å². The van der Waals surface area contributed by atoms with Gasteiger partial charge >= 0.3 is 0 Å². The molecule has 1 aromatic heterocycles. The standard InChI is InChI=1S/C17H25N3O2Si/c1-5-12-10-14-13(17(12)21)6-7-15-16(14)18-19-20(15)11-22-8-9-23(2,3)4/h6-7,12H,5,8-11H2,1-4H3. The molecule has 124 valence electrons. The summed E-state index contributed by atoms with van der Waals surface area (Å²) in [6.07, 6.45) is 1.67. The van der Waals surface area contributed by atoms with E-state index in [0.717, 1.165) is 47.7 Å². The highest BCUT2D eigenvalue weighted by molar-refractivity contribution is 6.76. The number of rotatable bonds is 6. The summed E-state index contributed by atoms with van der Waals surface area (Å²) in [6.45, 7) is 10.3. The Hall–Kier alpha value is -1.53. The molecule has 5 nitrogen and oxygen atoms in total. The molecule has 0 bridgehead atoms. The number of hydrogen-bond donors (Lipinski definition) is 0. The molecular weight excluding hydrogens is 306 g/mol. The molecule has 1 aromatic carbocycles. The van der Waals surface area contributed by atoms with E-state index in [2.05, 4.69) is 36.9 Å². The van der Waals surface area contributed by atoms with E-state index in [0.29, 0.717) is 6.73 Å². The Morgan fingerprint density at radius 1 is 1.35 bits per heavy atom. The number of aromatic nitrogens is 3. The zero-order chi connectivity index (χ0) is 16.6. The summed E-state index contributed by atoms with van der Waals surface area (Å²) in [5.74, 6) is 0.360. The van der Waals surface area contributed by atoms with Crippen molar-refractivity contribution in [2.75, 3.05) is 6.61 Å². The van der Waals surface area contributed by atoms with Crippen molar-refractivity contribution < 1.29 is 9.53 Å². The highest BCUT2D eigenvalue weighted by Gasteiger charge is 2.31. The van der Waals surface area contributed by atoms with Crippen molar-refractivity contribution in [2.24, 2.45) is 5.92 Å². The van der Waals surface area contributed by atoms with Crippen molar-refractivity contribution in [1.82, 2.24) is 15.0 Å². The molecule has 0 radical (unpaired) electrons. The van der Waals surface area contributed by atoms with E-state index in [1.165, 1.54) is 0 Å². The van der Waals surface area contributed by atoms with Gasteiger partial charge in [0.15, 0.2) is 5.78 Å². The van der Waals surface area contributed by atoms with E-state index in [1.54, 1.807) is 4.68 Å². The van der Waals surface area contributed by atoms with Gasteiger partial charge in [0, 0.05) is 26.2 Å². The summed E-state index contributed by atoms with van der Waals surface area (Å²) in [4.78, 5) is 12.3. The fourth-order valence-corrected chi connectivity index (χ4v) is 3.80. The Labute approximate surface area is 138 Å². The molecule has 1 unspecified atom stereocenters. The number of carbonyl (C=O) groups is 1. The summed E-state index contributed by atoms with van der Waals surface area (Å²) in [5, 5.41) is 8.53. The van der Waals surface area contributed by atoms with E-state index in [9.17, 15) is 4.79 Å². The second kappa shape index (κ2) is 6.17. The van der Waals surface area contributed by atoms with Crippen LogP contribution in [0, 0.1) is 5.92 Å². The van der Waals surface area contributed by atoms with Crippen molar-refractivity contribution in [1.29, 1.82) is 0 Å². The predicted molar refractivity (Wildman–Crippen MR) is 93.4 cm³/mol. The molecule has 1 atom stereocenters. The Kier molecular flexibility index (Phi) is 4.38. The molecule has 0 spiro atoms. The maximum absolute atomic E-state index is 12.3. The third-order valence-corrected chi connectivity index (χ3v) is 6.29. The average Bonchev–Trinajstić information content (AvgIpc) is 3.04. The van der Waals surface area contributed by atoms with Crippen molar-refractivity contribution in [3.05, 3.63) is 23.3 Å². The first-order valence-electron chi connectivity index (χ1n) is 8.37. The number of fused-ring (bicyclic) bond motifs is 3. The van der Waals surface area contributed by atoms with E-state index in [-0.39, 0.29) is 11.7 Å². The van der Waals surface area contributed by atoms with Gasteiger partial charge in [-0.1, -0.05) is 31.8 Å². The Balaban J connectivity index is 1.77. The molecule has 1 aliphatic carbocycles. The number of hydrogen-bond acceptors (Lipinski definition) is 4. The average molecular weight is 331 g/mol. The van der Waals surface area contributed by atoms with Gasteiger partial charge < -0.3 is 4.74 Å². The smallest absolute Gasteiger partial charge is 0.166 e. The van der Waals surface area contributed by atoms with Crippen LogP contribution in [0.4, 0.5) is 0 Å². The quantitative estimate of drug-likeness (QED) is 0.600. The third-order valence-electron chi connectivity index (χ3n) is 4.58. The molecule has 0 saturated carbocycles. The summed E-state index contributed by atoms with van der Waals surface area (Å²) in [6, 6.07) is 5.02. The van der Waals surface area contributed by atoms with Crippen LogP contribution in [0.2, 0.25) is 25.7 Å². The molecule has 1 aliphatic rings. The van der Waals surface area contributed by atoms with E-state index in [4.69, 9.17) is 4.74 Å². The van der Waals surface area contributed by atoms with E-state index in [1.807, 2.05) is 12.1 Å². The number of ether oxygens (including phenoxy) is 1. The number of nitrogens with zero attached hydrogens (tertiary/aromatic N) is 3. The van der Waals surface area contributed by atoms with E-state index >= 15 is 0 Å². The van der Waals surface area contributed by atoms with Crippen LogP contribution in [0.25, 0.3) is 11.0 Å². The Bertz CT molecular complexity index is 733. The summed E-state index contributed by atoms with van der Waals surface area (Å²) < 4.78 is 7.57. The SMILES string of the molecule is CCC1Cc2c(ccc3c2nnn3COCC[Si](C)(C)C)C1=O. The first-order valence-corrected chi connectivity index (χ1v) is 12.1. The second-order valence-electron chi connectivity index (χ2n) is 7.57. The lowest BCUT2D eigenvalue weighted by atomic mass is 10.0. The molecule has 23 heavy (non-hydrogen) atoms. The second-order valence-corrected chi connectivity index (χ2v) is 13.2. The van der Waals surface area contributed by atoms with Gasteiger partial charge in [-0.25, -0.2) is 4.68 Å². The van der Waals surface area contributed by atoms with Crippen molar-refractivity contribution >= 4 is 24.9 Å². The van der Waals surface area contributed by atoms with Gasteiger partial charge in [0.1, 0.15) is 12.2 Å². The minimum Gasteiger partial charge on any atom is -0.359 e. The molecule has 0 N–H and O–H groups in total.